The fourth-order valence-electron chi connectivity index (χ4n) is 2.05. The summed E-state index contributed by atoms with van der Waals surface area (Å²) in [5.41, 5.74) is 1.76. The zero-order chi connectivity index (χ0) is 18.0. The first-order valence-corrected chi connectivity index (χ1v) is 9.58. The van der Waals surface area contributed by atoms with Gasteiger partial charge in [-0.25, -0.2) is 18.1 Å². The largest absolute Gasteiger partial charge is 0.383 e. The molecule has 136 valence electrons. The average molecular weight is 356 g/mol. The molecule has 1 aromatic carbocycles. The van der Waals surface area contributed by atoms with Crippen LogP contribution in [0.15, 0.2) is 29.3 Å². The van der Waals surface area contributed by atoms with Gasteiger partial charge in [-0.15, -0.1) is 0 Å². The van der Waals surface area contributed by atoms with Gasteiger partial charge in [0.15, 0.2) is 5.96 Å². The number of hydrogen-bond donors (Lipinski definition) is 3. The van der Waals surface area contributed by atoms with Crippen LogP contribution in [0.1, 0.15) is 25.0 Å². The molecule has 0 aliphatic rings. The Balaban J connectivity index is 2.69. The van der Waals surface area contributed by atoms with E-state index in [-0.39, 0.29) is 11.8 Å². The number of guanidine groups is 1. The third-order valence-corrected chi connectivity index (χ3v) is 4.59. The topological polar surface area (TPSA) is 91.8 Å². The van der Waals surface area contributed by atoms with Crippen LogP contribution in [0.3, 0.4) is 0 Å². The van der Waals surface area contributed by atoms with Gasteiger partial charge in [-0.05, 0) is 32.0 Å². The minimum atomic E-state index is -3.25. The van der Waals surface area contributed by atoms with E-state index >= 15 is 0 Å². The number of nitrogens with one attached hydrogen (secondary N) is 3. The van der Waals surface area contributed by atoms with Crippen LogP contribution in [0.4, 0.5) is 0 Å². The quantitative estimate of drug-likeness (QED) is 0.450. The molecule has 1 atom stereocenters. The molecule has 1 aromatic rings. The van der Waals surface area contributed by atoms with Crippen molar-refractivity contribution >= 4 is 16.0 Å². The third-order valence-electron chi connectivity index (χ3n) is 3.25. The Bertz CT molecular complexity index is 615. The molecule has 0 amide bonds. The molecule has 0 radical (unpaired) electrons. The molecule has 0 aromatic heterocycles. The van der Waals surface area contributed by atoms with Gasteiger partial charge in [-0.3, -0.25) is 0 Å². The van der Waals surface area contributed by atoms with Gasteiger partial charge in [0, 0.05) is 19.7 Å². The molecule has 7 nitrogen and oxygen atoms in total. The summed E-state index contributed by atoms with van der Waals surface area (Å²) in [5.74, 6) is 0.704. The highest BCUT2D eigenvalue weighted by Crippen LogP contribution is 2.08. The van der Waals surface area contributed by atoms with E-state index in [0.717, 1.165) is 23.6 Å². The summed E-state index contributed by atoms with van der Waals surface area (Å²) >= 11 is 0. The molecule has 1 rings (SSSR count). The zero-order valence-corrected chi connectivity index (χ0v) is 15.6. The smallest absolute Gasteiger partial charge is 0.215 e. The number of ether oxygens (including phenoxy) is 1. The maximum atomic E-state index is 11.5. The molecular weight excluding hydrogens is 328 g/mol. The van der Waals surface area contributed by atoms with Crippen molar-refractivity contribution in [2.75, 3.05) is 27.3 Å². The maximum Gasteiger partial charge on any atom is 0.215 e. The lowest BCUT2D eigenvalue weighted by atomic mass is 10.1. The van der Waals surface area contributed by atoms with Gasteiger partial charge in [0.25, 0.3) is 0 Å². The van der Waals surface area contributed by atoms with Crippen LogP contribution in [0, 0.1) is 0 Å². The van der Waals surface area contributed by atoms with E-state index < -0.39 is 10.0 Å². The minimum absolute atomic E-state index is 0.0220. The second-order valence-corrected chi connectivity index (χ2v) is 7.40. The van der Waals surface area contributed by atoms with Gasteiger partial charge in [-0.1, -0.05) is 24.3 Å². The summed E-state index contributed by atoms with van der Waals surface area (Å²) in [5, 5.41) is 6.45. The Hall–Kier alpha value is -1.64. The van der Waals surface area contributed by atoms with E-state index in [9.17, 15) is 8.42 Å². The standard InChI is InChI=1S/C16H28N4O3S/c1-5-18-16(20-13(2)11-23-4)19-10-14-6-8-15(9-7-14)12-24(21,22)17-3/h6-9,13,17H,5,10-12H2,1-4H3,(H2,18,19,20). The number of nitrogens with zero attached hydrogens (tertiary/aromatic N) is 1. The number of benzene rings is 1. The van der Waals surface area contributed by atoms with Crippen LogP contribution < -0.4 is 15.4 Å². The van der Waals surface area contributed by atoms with Crippen LogP contribution in [-0.4, -0.2) is 47.7 Å². The number of aliphatic imine (C=N–C) groups is 1. The van der Waals surface area contributed by atoms with E-state index in [2.05, 4.69) is 20.3 Å². The molecule has 0 aliphatic carbocycles. The molecule has 0 bridgehead atoms. The van der Waals surface area contributed by atoms with Gasteiger partial charge >= 0.3 is 0 Å². The second-order valence-electron chi connectivity index (χ2n) is 5.48. The van der Waals surface area contributed by atoms with Crippen molar-refractivity contribution in [3.05, 3.63) is 35.4 Å². The fraction of sp³-hybridized carbons (Fsp3) is 0.562. The molecule has 0 spiro atoms. The SMILES string of the molecule is CCNC(=NCc1ccc(CS(=O)(=O)NC)cc1)NC(C)COC. The van der Waals surface area contributed by atoms with Crippen molar-refractivity contribution < 1.29 is 13.2 Å². The van der Waals surface area contributed by atoms with Gasteiger partial charge in [0.1, 0.15) is 0 Å². The van der Waals surface area contributed by atoms with Gasteiger partial charge in [-0.2, -0.15) is 0 Å². The Morgan fingerprint density at radius 2 is 1.88 bits per heavy atom. The van der Waals surface area contributed by atoms with Gasteiger partial charge in [0.05, 0.1) is 18.9 Å². The minimum Gasteiger partial charge on any atom is -0.383 e. The second kappa shape index (κ2) is 10.3. The molecule has 3 N–H and O–H groups in total. The molecule has 8 heteroatoms. The van der Waals surface area contributed by atoms with Gasteiger partial charge < -0.3 is 15.4 Å². The Labute approximate surface area is 145 Å². The first-order valence-electron chi connectivity index (χ1n) is 7.93. The summed E-state index contributed by atoms with van der Waals surface area (Å²) < 4.78 is 30.5. The van der Waals surface area contributed by atoms with Crippen LogP contribution in [0.2, 0.25) is 0 Å². The molecule has 24 heavy (non-hydrogen) atoms. The van der Waals surface area contributed by atoms with Gasteiger partial charge in [0.2, 0.25) is 10.0 Å². The van der Waals surface area contributed by atoms with Crippen molar-refractivity contribution in [2.45, 2.75) is 32.2 Å². The van der Waals surface area contributed by atoms with E-state index in [1.54, 1.807) is 7.11 Å². The first-order chi connectivity index (χ1) is 11.4. The fourth-order valence-corrected chi connectivity index (χ4v) is 2.82. The molecular formula is C16H28N4O3S. The highest BCUT2D eigenvalue weighted by atomic mass is 32.2. The monoisotopic (exact) mass is 356 g/mol. The summed E-state index contributed by atoms with van der Waals surface area (Å²) in [4.78, 5) is 4.53. The lowest BCUT2D eigenvalue weighted by Crippen LogP contribution is -2.43. The Morgan fingerprint density at radius 1 is 1.25 bits per heavy atom. The van der Waals surface area contributed by atoms with Crippen LogP contribution in [-0.2, 0) is 27.1 Å². The van der Waals surface area contributed by atoms with Crippen molar-refractivity contribution in [1.29, 1.82) is 0 Å². The lowest BCUT2D eigenvalue weighted by molar-refractivity contribution is 0.179. The molecule has 0 saturated heterocycles. The average Bonchev–Trinajstić information content (AvgIpc) is 2.54. The summed E-state index contributed by atoms with van der Waals surface area (Å²) in [6.45, 7) is 5.90. The molecule has 0 aliphatic heterocycles. The van der Waals surface area contributed by atoms with E-state index in [1.807, 2.05) is 38.1 Å². The van der Waals surface area contributed by atoms with Crippen molar-refractivity contribution in [1.82, 2.24) is 15.4 Å². The number of rotatable bonds is 9. The highest BCUT2D eigenvalue weighted by Gasteiger charge is 2.08. The zero-order valence-electron chi connectivity index (χ0n) is 14.8. The van der Waals surface area contributed by atoms with E-state index in [0.29, 0.717) is 13.2 Å². The summed E-state index contributed by atoms with van der Waals surface area (Å²) in [6, 6.07) is 7.57. The summed E-state index contributed by atoms with van der Waals surface area (Å²) in [6.07, 6.45) is 0. The van der Waals surface area contributed by atoms with Crippen molar-refractivity contribution in [2.24, 2.45) is 4.99 Å². The van der Waals surface area contributed by atoms with Crippen molar-refractivity contribution in [3.8, 4) is 0 Å². The van der Waals surface area contributed by atoms with Crippen molar-refractivity contribution in [3.63, 3.8) is 0 Å². The van der Waals surface area contributed by atoms with Crippen LogP contribution >= 0.6 is 0 Å². The van der Waals surface area contributed by atoms with Crippen LogP contribution in [0.25, 0.3) is 0 Å². The predicted octanol–water partition coefficient (Wildman–Crippen LogP) is 0.826. The normalized spacial score (nSPS) is 13.6. The molecule has 1 unspecified atom stereocenters. The highest BCUT2D eigenvalue weighted by molar-refractivity contribution is 7.88. The van der Waals surface area contributed by atoms with Crippen LogP contribution in [0.5, 0.6) is 0 Å². The third kappa shape index (κ3) is 7.76. The number of hydrogen-bond acceptors (Lipinski definition) is 4. The molecule has 0 heterocycles. The Kier molecular flexibility index (Phi) is 8.73. The molecule has 0 fully saturated rings. The maximum absolute atomic E-state index is 11.5. The van der Waals surface area contributed by atoms with E-state index in [1.165, 1.54) is 7.05 Å². The van der Waals surface area contributed by atoms with E-state index in [4.69, 9.17) is 4.74 Å². The number of sulfonamides is 1. The lowest BCUT2D eigenvalue weighted by Gasteiger charge is -2.17. The first kappa shape index (κ1) is 20.4. The Morgan fingerprint density at radius 3 is 2.42 bits per heavy atom. The number of methoxy groups -OCH3 is 1. The predicted molar refractivity (Wildman–Crippen MR) is 97.4 cm³/mol. The molecule has 0 saturated carbocycles. The summed E-state index contributed by atoms with van der Waals surface area (Å²) in [7, 11) is -0.167.